The number of thioether (sulfide) groups is 1. The third-order valence-corrected chi connectivity index (χ3v) is 2.26. The maximum Gasteiger partial charge on any atom is 0.270 e. The van der Waals surface area contributed by atoms with Crippen LogP contribution in [0.15, 0.2) is 29.7 Å². The van der Waals surface area contributed by atoms with Crippen LogP contribution in [-0.2, 0) is 0 Å². The van der Waals surface area contributed by atoms with Crippen molar-refractivity contribution in [3.8, 4) is 5.40 Å². The fourth-order valence-electron chi connectivity index (χ4n) is 0.951. The summed E-state index contributed by atoms with van der Waals surface area (Å²) in [6.45, 7) is 3.53. The van der Waals surface area contributed by atoms with Gasteiger partial charge < -0.3 is 0 Å². The van der Waals surface area contributed by atoms with Crippen molar-refractivity contribution in [3.05, 3.63) is 40.5 Å². The Balaban J connectivity index is 3.19. The summed E-state index contributed by atoms with van der Waals surface area (Å²) in [6, 6.07) is 4.31. The van der Waals surface area contributed by atoms with Crippen LogP contribution in [0.1, 0.15) is 5.56 Å². The Kier molecular flexibility index (Phi) is 3.26. The summed E-state index contributed by atoms with van der Waals surface area (Å²) in [5, 5.41) is 20.8. The van der Waals surface area contributed by atoms with Crippen molar-refractivity contribution in [2.45, 2.75) is 4.90 Å². The Morgan fingerprint density at radius 1 is 1.64 bits per heavy atom. The number of non-ortho nitro benzene ring substituents is 1. The summed E-state index contributed by atoms with van der Waals surface area (Å²) in [5.41, 5.74) is 0.605. The molecule has 0 fully saturated rings. The van der Waals surface area contributed by atoms with Gasteiger partial charge in [0.1, 0.15) is 5.40 Å². The molecule has 0 amide bonds. The van der Waals surface area contributed by atoms with E-state index < -0.39 is 4.92 Å². The number of nitro groups is 1. The van der Waals surface area contributed by atoms with Gasteiger partial charge in [-0.05, 0) is 23.4 Å². The molecule has 1 aromatic rings. The third-order valence-electron chi connectivity index (χ3n) is 1.58. The molecule has 4 nitrogen and oxygen atoms in total. The van der Waals surface area contributed by atoms with Gasteiger partial charge in [0.2, 0.25) is 0 Å². The summed E-state index contributed by atoms with van der Waals surface area (Å²) in [5.74, 6) is 0. The number of benzene rings is 1. The molecule has 0 aliphatic carbocycles. The molecule has 70 valence electrons. The molecule has 0 unspecified atom stereocenters. The van der Waals surface area contributed by atoms with Gasteiger partial charge in [-0.1, -0.05) is 12.7 Å². The van der Waals surface area contributed by atoms with Crippen molar-refractivity contribution < 1.29 is 4.92 Å². The molecule has 0 aromatic heterocycles. The van der Waals surface area contributed by atoms with E-state index in [0.29, 0.717) is 10.5 Å². The lowest BCUT2D eigenvalue weighted by molar-refractivity contribution is -0.384. The van der Waals surface area contributed by atoms with E-state index in [1.54, 1.807) is 6.07 Å². The standard InChI is InChI=1S/C9H6N2O2S/c1-2-7-5-8(11(12)13)3-4-9(7)14-6-10/h2-5H,1H2. The molecular weight excluding hydrogens is 200 g/mol. The fourth-order valence-corrected chi connectivity index (χ4v) is 1.45. The first-order chi connectivity index (χ1) is 6.69. The number of thiocyanates is 1. The molecule has 0 saturated heterocycles. The van der Waals surface area contributed by atoms with Crippen LogP contribution in [0.3, 0.4) is 0 Å². The van der Waals surface area contributed by atoms with Crippen molar-refractivity contribution in [2.24, 2.45) is 0 Å². The zero-order chi connectivity index (χ0) is 10.6. The molecule has 0 bridgehead atoms. The highest BCUT2D eigenvalue weighted by atomic mass is 32.2. The number of hydrogen-bond donors (Lipinski definition) is 0. The fraction of sp³-hybridized carbons (Fsp3) is 0. The van der Waals surface area contributed by atoms with Crippen molar-refractivity contribution >= 4 is 23.5 Å². The summed E-state index contributed by atoms with van der Waals surface area (Å²) in [7, 11) is 0. The smallest absolute Gasteiger partial charge is 0.258 e. The Morgan fingerprint density at radius 2 is 2.36 bits per heavy atom. The first-order valence-electron chi connectivity index (χ1n) is 3.66. The monoisotopic (exact) mass is 206 g/mol. The molecule has 0 atom stereocenters. The lowest BCUT2D eigenvalue weighted by Crippen LogP contribution is -1.89. The van der Waals surface area contributed by atoms with Crippen molar-refractivity contribution in [1.82, 2.24) is 0 Å². The molecule has 5 heteroatoms. The summed E-state index contributed by atoms with van der Waals surface area (Å²) in [4.78, 5) is 10.6. The quantitative estimate of drug-likeness (QED) is 0.330. The van der Waals surface area contributed by atoms with E-state index >= 15 is 0 Å². The Hall–Kier alpha value is -1.80. The van der Waals surface area contributed by atoms with Gasteiger partial charge in [0.15, 0.2) is 0 Å². The van der Waals surface area contributed by atoms with Crippen molar-refractivity contribution in [2.75, 3.05) is 0 Å². The van der Waals surface area contributed by atoms with Gasteiger partial charge >= 0.3 is 0 Å². The predicted molar refractivity (Wildman–Crippen MR) is 54.7 cm³/mol. The van der Waals surface area contributed by atoms with Crippen LogP contribution in [0.2, 0.25) is 0 Å². The Labute approximate surface area is 85.0 Å². The van der Waals surface area contributed by atoms with Crippen LogP contribution in [-0.4, -0.2) is 4.92 Å². The van der Waals surface area contributed by atoms with Crippen LogP contribution in [0.4, 0.5) is 5.69 Å². The zero-order valence-corrected chi connectivity index (χ0v) is 7.95. The molecule has 0 N–H and O–H groups in total. The second kappa shape index (κ2) is 4.44. The van der Waals surface area contributed by atoms with Gasteiger partial charge in [-0.15, -0.1) is 0 Å². The lowest BCUT2D eigenvalue weighted by atomic mass is 10.2. The summed E-state index contributed by atoms with van der Waals surface area (Å²) in [6.07, 6.45) is 1.49. The molecule has 1 rings (SSSR count). The highest BCUT2D eigenvalue weighted by Crippen LogP contribution is 2.26. The first-order valence-corrected chi connectivity index (χ1v) is 4.47. The van der Waals surface area contributed by atoms with Crippen LogP contribution in [0, 0.1) is 20.8 Å². The van der Waals surface area contributed by atoms with E-state index in [0.717, 1.165) is 11.8 Å². The third kappa shape index (κ3) is 2.12. The van der Waals surface area contributed by atoms with Crippen LogP contribution >= 0.6 is 11.8 Å². The minimum absolute atomic E-state index is 0.00203. The lowest BCUT2D eigenvalue weighted by Gasteiger charge is -1.99. The Bertz CT molecular complexity index is 423. The number of hydrogen-bond acceptors (Lipinski definition) is 4. The molecule has 1 aromatic carbocycles. The highest BCUT2D eigenvalue weighted by molar-refractivity contribution is 8.03. The normalized spacial score (nSPS) is 9.07. The van der Waals surface area contributed by atoms with E-state index in [9.17, 15) is 10.1 Å². The zero-order valence-electron chi connectivity index (χ0n) is 7.14. The number of rotatable bonds is 3. The van der Waals surface area contributed by atoms with Gasteiger partial charge in [-0.2, -0.15) is 5.26 Å². The topological polar surface area (TPSA) is 66.9 Å². The van der Waals surface area contributed by atoms with Crippen LogP contribution in [0.25, 0.3) is 6.08 Å². The van der Waals surface area contributed by atoms with E-state index in [1.165, 1.54) is 18.2 Å². The van der Waals surface area contributed by atoms with E-state index in [1.807, 2.05) is 5.40 Å². The second-order valence-electron chi connectivity index (χ2n) is 2.38. The molecule has 0 spiro atoms. The molecule has 0 saturated carbocycles. The SMILES string of the molecule is C=Cc1cc([N+](=O)[O-])ccc1SC#N. The number of nitrogens with zero attached hydrogens (tertiary/aromatic N) is 2. The summed E-state index contributed by atoms with van der Waals surface area (Å²) >= 11 is 0.959. The van der Waals surface area contributed by atoms with Gasteiger partial charge in [0.05, 0.1) is 4.92 Å². The van der Waals surface area contributed by atoms with E-state index in [-0.39, 0.29) is 5.69 Å². The molecule has 0 aliphatic heterocycles. The van der Waals surface area contributed by atoms with Crippen LogP contribution in [0.5, 0.6) is 0 Å². The van der Waals surface area contributed by atoms with Crippen LogP contribution < -0.4 is 0 Å². The van der Waals surface area contributed by atoms with E-state index in [4.69, 9.17) is 5.26 Å². The number of nitro benzene ring substituents is 1. The molecular formula is C9H6N2O2S. The summed E-state index contributed by atoms with van der Waals surface area (Å²) < 4.78 is 0. The number of nitriles is 1. The van der Waals surface area contributed by atoms with E-state index in [2.05, 4.69) is 6.58 Å². The Morgan fingerprint density at radius 3 is 2.86 bits per heavy atom. The first kappa shape index (κ1) is 10.3. The van der Waals surface area contributed by atoms with Gasteiger partial charge in [0, 0.05) is 17.0 Å². The minimum atomic E-state index is -0.478. The maximum absolute atomic E-state index is 10.4. The highest BCUT2D eigenvalue weighted by Gasteiger charge is 2.08. The molecule has 0 aliphatic rings. The maximum atomic E-state index is 10.4. The average Bonchev–Trinajstić information content (AvgIpc) is 2.18. The molecule has 0 heterocycles. The van der Waals surface area contributed by atoms with Gasteiger partial charge in [-0.3, -0.25) is 10.1 Å². The van der Waals surface area contributed by atoms with Gasteiger partial charge in [0.25, 0.3) is 5.69 Å². The predicted octanol–water partition coefficient (Wildman–Crippen LogP) is 2.81. The minimum Gasteiger partial charge on any atom is -0.258 e. The van der Waals surface area contributed by atoms with Gasteiger partial charge in [-0.25, -0.2) is 0 Å². The molecule has 0 radical (unpaired) electrons. The average molecular weight is 206 g/mol. The second-order valence-corrected chi connectivity index (χ2v) is 3.20. The molecule has 14 heavy (non-hydrogen) atoms. The van der Waals surface area contributed by atoms with Crippen molar-refractivity contribution in [1.29, 1.82) is 5.26 Å². The largest absolute Gasteiger partial charge is 0.270 e. The van der Waals surface area contributed by atoms with Crippen molar-refractivity contribution in [3.63, 3.8) is 0 Å².